The molecule has 0 aliphatic rings. The largest absolute Gasteiger partial charge is 1.00 e. The molecule has 0 heterocycles. The maximum atomic E-state index is 10.8. The average molecular weight is 278 g/mol. The fraction of sp³-hybridized carbons (Fsp3) is 0.385. The molecule has 0 atom stereocenters. The Hall–Kier alpha value is -0.880. The van der Waals surface area contributed by atoms with Crippen molar-refractivity contribution >= 4 is 11.9 Å². The minimum absolute atomic E-state index is 0. The van der Waals surface area contributed by atoms with E-state index >= 15 is 0 Å². The number of esters is 1. The van der Waals surface area contributed by atoms with Crippen molar-refractivity contribution in [2.45, 2.75) is 20.0 Å². The predicted octanol–water partition coefficient (Wildman–Crippen LogP) is -2.38. The molecule has 5 nitrogen and oxygen atoms in total. The van der Waals surface area contributed by atoms with Crippen molar-refractivity contribution in [1.29, 1.82) is 0 Å². The van der Waals surface area contributed by atoms with Crippen molar-refractivity contribution in [1.82, 2.24) is 0 Å². The molecule has 0 N–H and O–H groups in total. The SMILES string of the molecule is C=CC(C=C)OC(=O)/C=C\C(=O)[O-].CCOCC.[Na+]. The van der Waals surface area contributed by atoms with Crippen LogP contribution in [0.3, 0.4) is 0 Å². The van der Waals surface area contributed by atoms with Gasteiger partial charge in [0.05, 0.1) is 5.97 Å². The molecular weight excluding hydrogens is 259 g/mol. The van der Waals surface area contributed by atoms with Gasteiger partial charge in [-0.1, -0.05) is 13.2 Å². The maximum Gasteiger partial charge on any atom is 1.00 e. The smallest absolute Gasteiger partial charge is 0.545 e. The summed E-state index contributed by atoms with van der Waals surface area (Å²) in [6.07, 6.45) is 3.45. The molecular formula is C13H19NaO5. The Morgan fingerprint density at radius 1 is 1.16 bits per heavy atom. The zero-order chi connectivity index (χ0) is 14.4. The molecule has 0 bridgehead atoms. The van der Waals surface area contributed by atoms with Crippen molar-refractivity contribution in [3.05, 3.63) is 37.5 Å². The molecule has 0 aromatic heterocycles. The number of carboxylic acid groups (broad SMARTS) is 1. The van der Waals surface area contributed by atoms with Gasteiger partial charge in [-0.05, 0) is 32.1 Å². The monoisotopic (exact) mass is 278 g/mol. The quantitative estimate of drug-likeness (QED) is 0.225. The third-order valence-corrected chi connectivity index (χ3v) is 1.48. The third kappa shape index (κ3) is 19.6. The van der Waals surface area contributed by atoms with Crippen LogP contribution in [-0.4, -0.2) is 31.3 Å². The second-order valence-electron chi connectivity index (χ2n) is 2.81. The molecule has 0 fully saturated rings. The van der Waals surface area contributed by atoms with Crippen LogP contribution in [0.4, 0.5) is 0 Å². The van der Waals surface area contributed by atoms with E-state index < -0.39 is 18.0 Å². The standard InChI is InChI=1S/C9H10O4.C4H10O.Na/c1-3-7(4-2)13-9(12)6-5-8(10)11;1-3-5-4-2;/h3-7H,1-2H2,(H,10,11);3-4H2,1-2H3;/q;;+1/p-1/b6-5-;;. The Balaban J connectivity index is -0.000000366. The van der Waals surface area contributed by atoms with E-state index in [1.54, 1.807) is 0 Å². The van der Waals surface area contributed by atoms with Gasteiger partial charge in [-0.25, -0.2) is 4.79 Å². The first kappa shape index (κ1) is 23.2. The fourth-order valence-corrected chi connectivity index (χ4v) is 0.706. The van der Waals surface area contributed by atoms with Crippen LogP contribution >= 0.6 is 0 Å². The first-order valence-corrected chi connectivity index (χ1v) is 5.44. The second-order valence-corrected chi connectivity index (χ2v) is 2.81. The normalized spacial score (nSPS) is 9.00. The van der Waals surface area contributed by atoms with E-state index in [1.807, 2.05) is 13.8 Å². The van der Waals surface area contributed by atoms with Crippen molar-refractivity contribution in [2.24, 2.45) is 0 Å². The minimum Gasteiger partial charge on any atom is -0.545 e. The number of hydrogen-bond acceptors (Lipinski definition) is 5. The molecule has 0 saturated heterocycles. The van der Waals surface area contributed by atoms with Gasteiger partial charge in [-0.15, -0.1) is 0 Å². The Bertz CT molecular complexity index is 289. The first-order valence-electron chi connectivity index (χ1n) is 5.44. The Morgan fingerprint density at radius 3 is 1.89 bits per heavy atom. The molecule has 0 aliphatic heterocycles. The van der Waals surface area contributed by atoms with Crippen LogP contribution in [0.25, 0.3) is 0 Å². The van der Waals surface area contributed by atoms with E-state index in [4.69, 9.17) is 4.74 Å². The Labute approximate surface area is 136 Å². The molecule has 0 saturated carbocycles. The Morgan fingerprint density at radius 2 is 1.63 bits per heavy atom. The van der Waals surface area contributed by atoms with Gasteiger partial charge in [-0.3, -0.25) is 0 Å². The third-order valence-electron chi connectivity index (χ3n) is 1.48. The number of ether oxygens (including phenoxy) is 2. The van der Waals surface area contributed by atoms with E-state index in [2.05, 4.69) is 17.9 Å². The van der Waals surface area contributed by atoms with Gasteiger partial charge in [0.1, 0.15) is 6.10 Å². The number of hydrogen-bond donors (Lipinski definition) is 0. The van der Waals surface area contributed by atoms with Gasteiger partial charge >= 0.3 is 35.5 Å². The molecule has 19 heavy (non-hydrogen) atoms. The minimum atomic E-state index is -1.45. The molecule has 0 amide bonds. The van der Waals surface area contributed by atoms with Crippen molar-refractivity contribution in [2.75, 3.05) is 13.2 Å². The molecule has 0 unspecified atom stereocenters. The van der Waals surface area contributed by atoms with Gasteiger partial charge < -0.3 is 19.4 Å². The van der Waals surface area contributed by atoms with Gasteiger partial charge in [0.2, 0.25) is 0 Å². The zero-order valence-electron chi connectivity index (χ0n) is 11.8. The van der Waals surface area contributed by atoms with Crippen LogP contribution in [0.15, 0.2) is 37.5 Å². The maximum absolute atomic E-state index is 10.8. The zero-order valence-corrected chi connectivity index (χ0v) is 13.8. The molecule has 6 heteroatoms. The van der Waals surface area contributed by atoms with Gasteiger partial charge in [0, 0.05) is 19.3 Å². The van der Waals surface area contributed by atoms with E-state index in [0.717, 1.165) is 19.3 Å². The van der Waals surface area contributed by atoms with Crippen molar-refractivity contribution < 1.29 is 53.7 Å². The van der Waals surface area contributed by atoms with E-state index in [0.29, 0.717) is 6.08 Å². The van der Waals surface area contributed by atoms with Crippen LogP contribution in [0.5, 0.6) is 0 Å². The van der Waals surface area contributed by atoms with E-state index in [-0.39, 0.29) is 29.6 Å². The number of carboxylic acids is 1. The summed E-state index contributed by atoms with van der Waals surface area (Å²) in [5.41, 5.74) is 0. The molecule has 0 rings (SSSR count). The summed E-state index contributed by atoms with van der Waals surface area (Å²) >= 11 is 0. The van der Waals surface area contributed by atoms with E-state index in [1.165, 1.54) is 12.2 Å². The number of aliphatic carboxylic acids is 1. The number of rotatable bonds is 7. The van der Waals surface area contributed by atoms with Crippen LogP contribution in [0.2, 0.25) is 0 Å². The molecule has 0 aliphatic carbocycles. The second kappa shape index (κ2) is 17.1. The van der Waals surface area contributed by atoms with Gasteiger partial charge in [-0.2, -0.15) is 0 Å². The molecule has 0 spiro atoms. The van der Waals surface area contributed by atoms with Crippen LogP contribution < -0.4 is 34.7 Å². The summed E-state index contributed by atoms with van der Waals surface area (Å²) in [4.78, 5) is 20.7. The number of carbonyl (C=O) groups is 2. The average Bonchev–Trinajstić information content (AvgIpc) is 2.35. The van der Waals surface area contributed by atoms with E-state index in [9.17, 15) is 14.7 Å². The fourth-order valence-electron chi connectivity index (χ4n) is 0.706. The first-order chi connectivity index (χ1) is 8.51. The van der Waals surface area contributed by atoms with Crippen LogP contribution in [0, 0.1) is 0 Å². The van der Waals surface area contributed by atoms with Crippen molar-refractivity contribution in [3.63, 3.8) is 0 Å². The summed E-state index contributed by atoms with van der Waals surface area (Å²) in [6.45, 7) is 12.4. The summed E-state index contributed by atoms with van der Waals surface area (Å²) in [7, 11) is 0. The topological polar surface area (TPSA) is 75.7 Å². The summed E-state index contributed by atoms with van der Waals surface area (Å²) in [5, 5.41) is 9.88. The molecule has 0 radical (unpaired) electrons. The Kier molecular flexibility index (Phi) is 20.9. The molecule has 0 aromatic rings. The van der Waals surface area contributed by atoms with Crippen LogP contribution in [-0.2, 0) is 19.1 Å². The van der Waals surface area contributed by atoms with Crippen molar-refractivity contribution in [3.8, 4) is 0 Å². The molecule has 102 valence electrons. The summed E-state index contributed by atoms with van der Waals surface area (Å²) < 4.78 is 9.48. The predicted molar refractivity (Wildman–Crippen MR) is 66.6 cm³/mol. The number of carbonyl (C=O) groups excluding carboxylic acids is 2. The molecule has 0 aromatic carbocycles. The van der Waals surface area contributed by atoms with Crippen LogP contribution in [0.1, 0.15) is 13.8 Å². The van der Waals surface area contributed by atoms with Gasteiger partial charge in [0.25, 0.3) is 0 Å². The summed E-state index contributed by atoms with van der Waals surface area (Å²) in [6, 6.07) is 0. The van der Waals surface area contributed by atoms with Gasteiger partial charge in [0.15, 0.2) is 0 Å². The summed E-state index contributed by atoms with van der Waals surface area (Å²) in [5.74, 6) is -2.24.